The third kappa shape index (κ3) is 6.72. The zero-order chi connectivity index (χ0) is 28.3. The van der Waals surface area contributed by atoms with Crippen LogP contribution >= 0.6 is 15.9 Å². The fourth-order valence-corrected chi connectivity index (χ4v) is 11.1. The number of halogens is 1. The minimum Gasteiger partial charge on any atom is -0.460 e. The lowest BCUT2D eigenvalue weighted by Gasteiger charge is -2.47. The van der Waals surface area contributed by atoms with Gasteiger partial charge in [0.1, 0.15) is 10.2 Å². The van der Waals surface area contributed by atoms with Gasteiger partial charge in [0.05, 0.1) is 5.41 Å². The molecule has 6 heteroatoms. The maximum Gasteiger partial charge on any atom is 0.312 e. The first-order valence-electron chi connectivity index (χ1n) is 14.0. The first kappa shape index (κ1) is 29.7. The van der Waals surface area contributed by atoms with Gasteiger partial charge >= 0.3 is 5.97 Å². The summed E-state index contributed by atoms with van der Waals surface area (Å²) in [5, 5.41) is 2.48. The van der Waals surface area contributed by atoms with E-state index in [4.69, 9.17) is 9.16 Å². The summed E-state index contributed by atoms with van der Waals surface area (Å²) in [7, 11) is -2.66. The molecule has 1 aliphatic rings. The van der Waals surface area contributed by atoms with Gasteiger partial charge < -0.3 is 9.16 Å². The van der Waals surface area contributed by atoms with Crippen molar-refractivity contribution >= 4 is 40.6 Å². The molecule has 1 aliphatic carbocycles. The van der Waals surface area contributed by atoms with Gasteiger partial charge in [-0.15, -0.1) is 0 Å². The second kappa shape index (κ2) is 11.7. The largest absolute Gasteiger partial charge is 0.460 e. The Kier molecular flexibility index (Phi) is 8.89. The Balaban J connectivity index is 1.66. The number of pyridine rings is 1. The van der Waals surface area contributed by atoms with Gasteiger partial charge in [0.2, 0.25) is 0 Å². The number of esters is 1. The Bertz CT molecular complexity index is 1200. The smallest absolute Gasteiger partial charge is 0.312 e. The summed E-state index contributed by atoms with van der Waals surface area (Å²) < 4.78 is 14.2. The highest BCUT2D eigenvalue weighted by Crippen LogP contribution is 2.45. The van der Waals surface area contributed by atoms with Crippen LogP contribution < -0.4 is 10.4 Å². The van der Waals surface area contributed by atoms with Crippen molar-refractivity contribution in [2.24, 2.45) is 5.41 Å². The zero-order valence-electron chi connectivity index (χ0n) is 24.2. The molecule has 3 aromatic rings. The first-order valence-corrected chi connectivity index (χ1v) is 16.7. The van der Waals surface area contributed by atoms with E-state index in [0.717, 1.165) is 23.1 Å². The van der Waals surface area contributed by atoms with Crippen LogP contribution in [0, 0.1) is 5.41 Å². The molecule has 0 radical (unpaired) electrons. The highest BCUT2D eigenvalue weighted by atomic mass is 79.9. The molecule has 0 atom stereocenters. The predicted molar refractivity (Wildman–Crippen MR) is 165 cm³/mol. The number of nitrogens with zero attached hydrogens (tertiary/aromatic N) is 1. The Hall–Kier alpha value is -2.28. The molecule has 0 N–H and O–H groups in total. The SMILES string of the molecule is CC(C)(C)OC(=O)[C@]1(Cc2cccc(Br)n2)CC[C@H](O[Si](c2ccccc2)(c2ccccc2)C(C)(C)C)CC1. The van der Waals surface area contributed by atoms with Gasteiger partial charge in [-0.1, -0.05) is 87.5 Å². The highest BCUT2D eigenvalue weighted by Gasteiger charge is 2.53. The van der Waals surface area contributed by atoms with Crippen LogP contribution in [0.2, 0.25) is 5.04 Å². The highest BCUT2D eigenvalue weighted by molar-refractivity contribution is 9.10. The maximum atomic E-state index is 13.7. The molecular weight excluding hydrogens is 566 g/mol. The Labute approximate surface area is 243 Å². The predicted octanol–water partition coefficient (Wildman–Crippen LogP) is 7.23. The van der Waals surface area contributed by atoms with Crippen LogP contribution in [0.1, 0.15) is 72.9 Å². The molecule has 1 fully saturated rings. The molecule has 0 amide bonds. The fourth-order valence-electron chi connectivity index (χ4n) is 5.94. The summed E-state index contributed by atoms with van der Waals surface area (Å²) in [6.07, 6.45) is 3.64. The first-order chi connectivity index (χ1) is 18.3. The minimum atomic E-state index is -2.66. The number of hydrogen-bond donors (Lipinski definition) is 0. The molecule has 4 nitrogen and oxygen atoms in total. The van der Waals surface area contributed by atoms with Gasteiger partial charge in [-0.05, 0) is 89.9 Å². The third-order valence-corrected chi connectivity index (χ3v) is 13.3. The van der Waals surface area contributed by atoms with Crippen molar-refractivity contribution in [2.75, 3.05) is 0 Å². The quantitative estimate of drug-likeness (QED) is 0.161. The van der Waals surface area contributed by atoms with Crippen molar-refractivity contribution in [3.05, 3.63) is 89.2 Å². The van der Waals surface area contributed by atoms with Gasteiger partial charge in [0.15, 0.2) is 0 Å². The van der Waals surface area contributed by atoms with Crippen molar-refractivity contribution in [1.29, 1.82) is 0 Å². The van der Waals surface area contributed by atoms with Gasteiger partial charge in [0, 0.05) is 18.2 Å². The molecule has 39 heavy (non-hydrogen) atoms. The molecule has 0 saturated heterocycles. The zero-order valence-corrected chi connectivity index (χ0v) is 26.8. The summed E-state index contributed by atoms with van der Waals surface area (Å²) in [6, 6.07) is 27.5. The van der Waals surface area contributed by atoms with Crippen molar-refractivity contribution in [3.8, 4) is 0 Å². The Morgan fingerprint density at radius 1 is 0.872 bits per heavy atom. The second-order valence-electron chi connectivity index (χ2n) is 12.9. The molecule has 1 saturated carbocycles. The summed E-state index contributed by atoms with van der Waals surface area (Å²) in [5.74, 6) is -0.124. The average molecular weight is 609 g/mol. The van der Waals surface area contributed by atoms with Crippen molar-refractivity contribution in [2.45, 2.75) is 90.4 Å². The lowest BCUT2D eigenvalue weighted by Crippen LogP contribution is -2.68. The van der Waals surface area contributed by atoms with E-state index >= 15 is 0 Å². The Morgan fingerprint density at radius 2 is 1.41 bits per heavy atom. The summed E-state index contributed by atoms with van der Waals surface area (Å²) >= 11 is 3.49. The van der Waals surface area contributed by atoms with Crippen molar-refractivity contribution < 1.29 is 14.0 Å². The van der Waals surface area contributed by atoms with Crippen LogP contribution in [-0.2, 0) is 20.4 Å². The summed E-state index contributed by atoms with van der Waals surface area (Å²) in [4.78, 5) is 18.4. The number of benzene rings is 2. The van der Waals surface area contributed by atoms with Crippen molar-refractivity contribution in [3.63, 3.8) is 0 Å². The lowest BCUT2D eigenvalue weighted by molar-refractivity contribution is -0.171. The number of aromatic nitrogens is 1. The van der Waals surface area contributed by atoms with Gasteiger partial charge in [-0.25, -0.2) is 4.98 Å². The van der Waals surface area contributed by atoms with E-state index < -0.39 is 19.3 Å². The van der Waals surface area contributed by atoms with Crippen LogP contribution in [-0.4, -0.2) is 31.0 Å². The molecule has 0 spiro atoms. The maximum absolute atomic E-state index is 13.7. The van der Waals surface area contributed by atoms with Gasteiger partial charge in [0.25, 0.3) is 8.32 Å². The summed E-state index contributed by atoms with van der Waals surface area (Å²) in [6.45, 7) is 12.7. The molecular formula is C33H42BrNO3Si. The fraction of sp³-hybridized carbons (Fsp3) is 0.455. The topological polar surface area (TPSA) is 48.4 Å². The second-order valence-corrected chi connectivity index (χ2v) is 18.0. The van der Waals surface area contributed by atoms with E-state index in [0.29, 0.717) is 19.3 Å². The van der Waals surface area contributed by atoms with E-state index in [9.17, 15) is 4.79 Å². The van der Waals surface area contributed by atoms with Crippen LogP contribution in [0.3, 0.4) is 0 Å². The molecule has 1 heterocycles. The van der Waals surface area contributed by atoms with Crippen LogP contribution in [0.5, 0.6) is 0 Å². The van der Waals surface area contributed by atoms with E-state index in [2.05, 4.69) is 102 Å². The minimum absolute atomic E-state index is 0.0577. The van der Waals surface area contributed by atoms with E-state index in [1.54, 1.807) is 0 Å². The molecule has 1 aromatic heterocycles. The normalized spacial score (nSPS) is 20.4. The van der Waals surface area contributed by atoms with Gasteiger partial charge in [-0.2, -0.15) is 0 Å². The van der Waals surface area contributed by atoms with E-state index in [-0.39, 0.29) is 17.1 Å². The molecule has 0 aliphatic heterocycles. The lowest BCUT2D eigenvalue weighted by atomic mass is 9.70. The molecule has 4 rings (SSSR count). The molecule has 208 valence electrons. The van der Waals surface area contributed by atoms with Crippen LogP contribution in [0.4, 0.5) is 0 Å². The number of carbonyl (C=O) groups excluding carboxylic acids is 1. The number of carbonyl (C=O) groups is 1. The number of rotatable bonds is 7. The number of ether oxygens (including phenoxy) is 1. The third-order valence-electron chi connectivity index (χ3n) is 7.77. The van der Waals surface area contributed by atoms with Crippen molar-refractivity contribution in [1.82, 2.24) is 4.98 Å². The van der Waals surface area contributed by atoms with Crippen LogP contribution in [0.25, 0.3) is 0 Å². The monoisotopic (exact) mass is 607 g/mol. The standard InChI is InChI=1S/C33H42BrNO3Si/c1-31(2,3)37-30(36)33(24-25-14-13-19-29(34)35-25)22-20-26(21-23-33)38-39(32(4,5)6,27-15-9-7-10-16-27)28-17-11-8-12-18-28/h7-19,26H,20-24H2,1-6H3/t26-,33+. The number of hydrogen-bond acceptors (Lipinski definition) is 4. The Morgan fingerprint density at radius 3 is 1.87 bits per heavy atom. The van der Waals surface area contributed by atoms with E-state index in [1.165, 1.54) is 10.4 Å². The average Bonchev–Trinajstić information content (AvgIpc) is 2.87. The van der Waals surface area contributed by atoms with Gasteiger partial charge in [-0.3, -0.25) is 4.79 Å². The molecule has 2 aromatic carbocycles. The summed E-state index contributed by atoms with van der Waals surface area (Å²) in [5.41, 5.74) is -0.259. The van der Waals surface area contributed by atoms with E-state index in [1.807, 2.05) is 39.0 Å². The van der Waals surface area contributed by atoms with Crippen LogP contribution in [0.15, 0.2) is 83.5 Å². The molecule has 0 bridgehead atoms. The molecule has 0 unspecified atom stereocenters.